The minimum atomic E-state index is -1.09. The lowest BCUT2D eigenvalue weighted by Crippen LogP contribution is -2.30. The molecule has 0 unspecified atom stereocenters. The average Bonchev–Trinajstić information content (AvgIpc) is 2.63. The summed E-state index contributed by atoms with van der Waals surface area (Å²) >= 11 is 5.86. The van der Waals surface area contributed by atoms with Crippen molar-refractivity contribution in [3.8, 4) is 11.5 Å². The van der Waals surface area contributed by atoms with Crippen molar-refractivity contribution in [1.29, 1.82) is 0 Å². The van der Waals surface area contributed by atoms with Gasteiger partial charge in [-0.15, -0.1) is 0 Å². The Bertz CT molecular complexity index is 857. The van der Waals surface area contributed by atoms with E-state index in [1.54, 1.807) is 6.07 Å². The van der Waals surface area contributed by atoms with E-state index in [-0.39, 0.29) is 16.3 Å². The zero-order valence-electron chi connectivity index (χ0n) is 13.8. The normalized spacial score (nSPS) is 13.7. The fourth-order valence-electron chi connectivity index (χ4n) is 2.28. The molecule has 0 aliphatic carbocycles. The molecule has 1 aliphatic rings. The first-order chi connectivity index (χ1) is 12.4. The number of hydrogen-bond donors (Lipinski definition) is 1. The van der Waals surface area contributed by atoms with Gasteiger partial charge in [0.25, 0.3) is 5.91 Å². The molecule has 3 rings (SSSR count). The van der Waals surface area contributed by atoms with Crippen LogP contribution in [0.3, 0.4) is 0 Å². The highest BCUT2D eigenvalue weighted by Crippen LogP contribution is 2.31. The van der Waals surface area contributed by atoms with Gasteiger partial charge in [-0.2, -0.15) is 0 Å². The molecule has 1 N–H and O–H groups in total. The van der Waals surface area contributed by atoms with Gasteiger partial charge in [0.05, 0.1) is 16.3 Å². The summed E-state index contributed by atoms with van der Waals surface area (Å²) in [6.45, 7) is 2.26. The molecule has 1 atom stereocenters. The first kappa shape index (κ1) is 18.0. The van der Waals surface area contributed by atoms with Gasteiger partial charge in [0.1, 0.15) is 19.0 Å². The summed E-state index contributed by atoms with van der Waals surface area (Å²) in [7, 11) is 0. The largest absolute Gasteiger partial charge is 0.486 e. The lowest BCUT2D eigenvalue weighted by atomic mass is 10.2. The highest BCUT2D eigenvalue weighted by atomic mass is 35.5. The van der Waals surface area contributed by atoms with Crippen LogP contribution >= 0.6 is 11.6 Å². The molecule has 1 heterocycles. The van der Waals surface area contributed by atoms with Crippen molar-refractivity contribution in [1.82, 2.24) is 0 Å². The minimum absolute atomic E-state index is 0.0451. The molecule has 26 heavy (non-hydrogen) atoms. The molecule has 8 heteroatoms. The standard InChI is InChI=1S/C18H15ClFNO5/c1-10(17(22)21-14-4-3-12(20)9-13(14)19)26-18(23)11-2-5-15-16(8-11)25-7-6-24-15/h2-5,8-10H,6-7H2,1H3,(H,21,22)/t10-/m0/s1. The Hall–Kier alpha value is -2.80. The van der Waals surface area contributed by atoms with E-state index in [0.717, 1.165) is 12.1 Å². The smallest absolute Gasteiger partial charge is 0.339 e. The summed E-state index contributed by atoms with van der Waals surface area (Å²) in [4.78, 5) is 24.4. The van der Waals surface area contributed by atoms with E-state index in [2.05, 4.69) is 5.32 Å². The molecule has 0 radical (unpaired) electrons. The van der Waals surface area contributed by atoms with Crippen LogP contribution in [-0.2, 0) is 9.53 Å². The number of rotatable bonds is 4. The lowest BCUT2D eigenvalue weighted by Gasteiger charge is -2.19. The van der Waals surface area contributed by atoms with E-state index in [1.807, 2.05) is 0 Å². The number of anilines is 1. The summed E-state index contributed by atoms with van der Waals surface area (Å²) in [5, 5.41) is 2.53. The van der Waals surface area contributed by atoms with Crippen LogP contribution in [0.5, 0.6) is 11.5 Å². The van der Waals surface area contributed by atoms with Crippen LogP contribution in [0.2, 0.25) is 5.02 Å². The Labute approximate surface area is 153 Å². The maximum Gasteiger partial charge on any atom is 0.339 e. The quantitative estimate of drug-likeness (QED) is 0.824. The van der Waals surface area contributed by atoms with E-state index in [4.69, 9.17) is 25.8 Å². The van der Waals surface area contributed by atoms with Crippen LogP contribution in [0.1, 0.15) is 17.3 Å². The molecule has 0 saturated heterocycles. The fourth-order valence-corrected chi connectivity index (χ4v) is 2.49. The predicted octanol–water partition coefficient (Wildman–Crippen LogP) is 3.43. The molecule has 6 nitrogen and oxygen atoms in total. The van der Waals surface area contributed by atoms with Crippen molar-refractivity contribution in [2.24, 2.45) is 0 Å². The Morgan fingerprint density at radius 3 is 2.62 bits per heavy atom. The lowest BCUT2D eigenvalue weighted by molar-refractivity contribution is -0.123. The SMILES string of the molecule is C[C@H](OC(=O)c1ccc2c(c1)OCCO2)C(=O)Nc1ccc(F)cc1Cl. The van der Waals surface area contributed by atoms with Crippen LogP contribution in [0.25, 0.3) is 0 Å². The van der Waals surface area contributed by atoms with Crippen molar-refractivity contribution < 1.29 is 28.2 Å². The number of esters is 1. The van der Waals surface area contributed by atoms with Gasteiger partial charge in [-0.1, -0.05) is 11.6 Å². The van der Waals surface area contributed by atoms with Crippen LogP contribution in [0, 0.1) is 5.82 Å². The summed E-state index contributed by atoms with van der Waals surface area (Å²) in [5.41, 5.74) is 0.453. The molecule has 0 spiro atoms. The first-order valence-corrected chi connectivity index (χ1v) is 8.18. The zero-order chi connectivity index (χ0) is 18.7. The van der Waals surface area contributed by atoms with E-state index in [9.17, 15) is 14.0 Å². The summed E-state index contributed by atoms with van der Waals surface area (Å²) in [6, 6.07) is 8.19. The van der Waals surface area contributed by atoms with Gasteiger partial charge in [0.2, 0.25) is 0 Å². The Morgan fingerprint density at radius 2 is 1.88 bits per heavy atom. The molecule has 1 aliphatic heterocycles. The fraction of sp³-hybridized carbons (Fsp3) is 0.222. The second-order valence-corrected chi connectivity index (χ2v) is 5.93. The number of benzene rings is 2. The average molecular weight is 380 g/mol. The van der Waals surface area contributed by atoms with Crippen molar-refractivity contribution in [3.63, 3.8) is 0 Å². The summed E-state index contributed by atoms with van der Waals surface area (Å²) < 4.78 is 29.0. The third kappa shape index (κ3) is 4.05. The van der Waals surface area contributed by atoms with E-state index in [1.165, 1.54) is 25.1 Å². The summed E-state index contributed by atoms with van der Waals surface area (Å²) in [6.07, 6.45) is -1.09. The van der Waals surface area contributed by atoms with Crippen LogP contribution in [-0.4, -0.2) is 31.2 Å². The number of hydrogen-bond acceptors (Lipinski definition) is 5. The van der Waals surface area contributed by atoms with Crippen molar-refractivity contribution in [2.75, 3.05) is 18.5 Å². The highest BCUT2D eigenvalue weighted by molar-refractivity contribution is 6.33. The molecule has 1 amide bonds. The third-order valence-electron chi connectivity index (χ3n) is 3.62. The van der Waals surface area contributed by atoms with Gasteiger partial charge >= 0.3 is 5.97 Å². The van der Waals surface area contributed by atoms with Crippen LogP contribution in [0.15, 0.2) is 36.4 Å². The molecule has 0 aromatic heterocycles. The van der Waals surface area contributed by atoms with Crippen molar-refractivity contribution >= 4 is 29.2 Å². The van der Waals surface area contributed by atoms with E-state index in [0.29, 0.717) is 24.7 Å². The first-order valence-electron chi connectivity index (χ1n) is 7.80. The molecule has 2 aromatic rings. The topological polar surface area (TPSA) is 73.9 Å². The number of nitrogens with one attached hydrogen (secondary N) is 1. The second-order valence-electron chi connectivity index (χ2n) is 5.52. The van der Waals surface area contributed by atoms with Gasteiger partial charge in [-0.3, -0.25) is 4.79 Å². The Balaban J connectivity index is 1.64. The van der Waals surface area contributed by atoms with Gasteiger partial charge in [-0.05, 0) is 43.3 Å². The van der Waals surface area contributed by atoms with Gasteiger partial charge < -0.3 is 19.5 Å². The number of ether oxygens (including phenoxy) is 3. The zero-order valence-corrected chi connectivity index (χ0v) is 14.5. The van der Waals surface area contributed by atoms with Gasteiger partial charge in [-0.25, -0.2) is 9.18 Å². The second kappa shape index (κ2) is 7.61. The minimum Gasteiger partial charge on any atom is -0.486 e. The van der Waals surface area contributed by atoms with Crippen molar-refractivity contribution in [3.05, 3.63) is 52.8 Å². The van der Waals surface area contributed by atoms with E-state index < -0.39 is 23.8 Å². The highest BCUT2D eigenvalue weighted by Gasteiger charge is 2.21. The van der Waals surface area contributed by atoms with Gasteiger partial charge in [0, 0.05) is 0 Å². The molecule has 2 aromatic carbocycles. The van der Waals surface area contributed by atoms with E-state index >= 15 is 0 Å². The van der Waals surface area contributed by atoms with Crippen LogP contribution < -0.4 is 14.8 Å². The molecule has 0 saturated carbocycles. The Morgan fingerprint density at radius 1 is 1.15 bits per heavy atom. The number of fused-ring (bicyclic) bond motifs is 1. The molecular weight excluding hydrogens is 365 g/mol. The summed E-state index contributed by atoms with van der Waals surface area (Å²) in [5.74, 6) is -0.809. The third-order valence-corrected chi connectivity index (χ3v) is 3.93. The van der Waals surface area contributed by atoms with Crippen molar-refractivity contribution in [2.45, 2.75) is 13.0 Å². The molecular formula is C18H15ClFNO5. The van der Waals surface area contributed by atoms with Crippen LogP contribution in [0.4, 0.5) is 10.1 Å². The molecule has 136 valence electrons. The predicted molar refractivity (Wildman–Crippen MR) is 92.3 cm³/mol. The Kier molecular flexibility index (Phi) is 5.27. The van der Waals surface area contributed by atoms with Gasteiger partial charge in [0.15, 0.2) is 17.6 Å². The molecule has 0 bridgehead atoms. The number of carbonyl (C=O) groups is 2. The maximum absolute atomic E-state index is 13.0. The number of carbonyl (C=O) groups excluding carboxylic acids is 2. The number of halogens is 2. The maximum atomic E-state index is 13.0. The molecule has 0 fully saturated rings. The number of amides is 1. The monoisotopic (exact) mass is 379 g/mol.